The summed E-state index contributed by atoms with van der Waals surface area (Å²) >= 11 is 15.1. The fraction of sp³-hybridized carbons (Fsp3) is 0.174. The second-order valence-corrected chi connectivity index (χ2v) is 10.2. The molecule has 0 atom stereocenters. The molecule has 32 heavy (non-hydrogen) atoms. The number of hydrogen-bond donors (Lipinski definition) is 1. The van der Waals surface area contributed by atoms with E-state index in [0.29, 0.717) is 26.3 Å². The average Bonchev–Trinajstić information content (AvgIpc) is 3.36. The third kappa shape index (κ3) is 3.94. The lowest BCUT2D eigenvalue weighted by atomic mass is 10.2. The topological polar surface area (TPSA) is 64.0 Å². The highest BCUT2D eigenvalue weighted by Crippen LogP contribution is 2.36. The number of halogens is 2. The molecule has 0 fully saturated rings. The van der Waals surface area contributed by atoms with E-state index in [-0.39, 0.29) is 17.2 Å². The molecule has 0 saturated carbocycles. The molecule has 0 unspecified atom stereocenters. The van der Waals surface area contributed by atoms with E-state index in [9.17, 15) is 9.59 Å². The van der Waals surface area contributed by atoms with Crippen molar-refractivity contribution in [1.29, 1.82) is 0 Å². The van der Waals surface area contributed by atoms with Crippen LogP contribution in [0.15, 0.2) is 58.5 Å². The molecule has 4 aromatic rings. The van der Waals surface area contributed by atoms with E-state index in [2.05, 4.69) is 5.32 Å². The molecule has 2 aromatic carbocycles. The Kier molecular flexibility index (Phi) is 5.99. The molecule has 9 heteroatoms. The number of carbonyl (C=O) groups is 1. The van der Waals surface area contributed by atoms with Crippen molar-refractivity contribution in [2.75, 3.05) is 11.1 Å². The van der Waals surface area contributed by atoms with Gasteiger partial charge in [0.05, 0.1) is 32.6 Å². The molecule has 0 spiro atoms. The highest BCUT2D eigenvalue weighted by Gasteiger charge is 2.24. The van der Waals surface area contributed by atoms with Gasteiger partial charge in [0, 0.05) is 4.88 Å². The predicted molar refractivity (Wildman–Crippen MR) is 133 cm³/mol. The van der Waals surface area contributed by atoms with Gasteiger partial charge in [-0.25, -0.2) is 4.98 Å². The van der Waals surface area contributed by atoms with Gasteiger partial charge in [0.2, 0.25) is 5.91 Å². The van der Waals surface area contributed by atoms with Crippen LogP contribution in [0.2, 0.25) is 10.0 Å². The summed E-state index contributed by atoms with van der Waals surface area (Å²) in [5, 5.41) is 4.68. The zero-order chi connectivity index (χ0) is 22.2. The van der Waals surface area contributed by atoms with Gasteiger partial charge >= 0.3 is 0 Å². The molecule has 1 amide bonds. The number of aryl methyl sites for hydroxylation is 2. The second kappa shape index (κ2) is 8.90. The third-order valence-electron chi connectivity index (χ3n) is 5.28. The van der Waals surface area contributed by atoms with Crippen LogP contribution in [-0.4, -0.2) is 21.2 Å². The van der Waals surface area contributed by atoms with Crippen LogP contribution in [0.1, 0.15) is 16.9 Å². The molecule has 0 aliphatic heterocycles. The maximum absolute atomic E-state index is 13.6. The molecule has 2 aromatic heterocycles. The van der Waals surface area contributed by atoms with E-state index in [0.717, 1.165) is 35.3 Å². The number of anilines is 1. The Bertz CT molecular complexity index is 1380. The van der Waals surface area contributed by atoms with Gasteiger partial charge in [-0.05, 0) is 49.1 Å². The predicted octanol–water partition coefficient (Wildman–Crippen LogP) is 5.97. The monoisotopic (exact) mass is 501 g/mol. The Labute approximate surface area is 202 Å². The maximum atomic E-state index is 13.6. The first kappa shape index (κ1) is 21.5. The van der Waals surface area contributed by atoms with E-state index in [1.807, 2.05) is 30.3 Å². The smallest absolute Gasteiger partial charge is 0.267 e. The van der Waals surface area contributed by atoms with E-state index < -0.39 is 0 Å². The Balaban J connectivity index is 1.51. The first-order valence-electron chi connectivity index (χ1n) is 10.0. The number of hydrogen-bond acceptors (Lipinski definition) is 5. The highest BCUT2D eigenvalue weighted by atomic mass is 35.5. The van der Waals surface area contributed by atoms with E-state index in [1.54, 1.807) is 34.1 Å². The molecule has 0 bridgehead atoms. The second-order valence-electron chi connectivity index (χ2n) is 7.34. The fourth-order valence-corrected chi connectivity index (χ4v) is 6.46. The van der Waals surface area contributed by atoms with Crippen LogP contribution in [0.5, 0.6) is 0 Å². The zero-order valence-electron chi connectivity index (χ0n) is 16.7. The molecule has 0 saturated heterocycles. The number of amides is 1. The van der Waals surface area contributed by atoms with Crippen LogP contribution >= 0.6 is 46.3 Å². The van der Waals surface area contributed by atoms with Crippen molar-refractivity contribution >= 4 is 68.1 Å². The van der Waals surface area contributed by atoms with Crippen molar-refractivity contribution in [3.05, 3.63) is 79.4 Å². The van der Waals surface area contributed by atoms with Gasteiger partial charge in [-0.1, -0.05) is 59.2 Å². The van der Waals surface area contributed by atoms with Gasteiger partial charge in [-0.3, -0.25) is 14.2 Å². The summed E-state index contributed by atoms with van der Waals surface area (Å²) < 4.78 is 1.61. The van der Waals surface area contributed by atoms with Crippen molar-refractivity contribution in [2.45, 2.75) is 24.4 Å². The molecule has 1 N–H and O–H groups in total. The van der Waals surface area contributed by atoms with E-state index in [4.69, 9.17) is 28.2 Å². The number of fused-ring (bicyclic) bond motifs is 3. The normalized spacial score (nSPS) is 12.8. The summed E-state index contributed by atoms with van der Waals surface area (Å²) in [5.41, 5.74) is 2.15. The number of rotatable bonds is 5. The molecule has 162 valence electrons. The van der Waals surface area contributed by atoms with Crippen molar-refractivity contribution in [2.24, 2.45) is 0 Å². The summed E-state index contributed by atoms with van der Waals surface area (Å²) in [7, 11) is 0. The van der Waals surface area contributed by atoms with Gasteiger partial charge < -0.3 is 5.32 Å². The van der Waals surface area contributed by atoms with E-state index >= 15 is 0 Å². The Morgan fingerprint density at radius 3 is 2.59 bits per heavy atom. The van der Waals surface area contributed by atoms with Gasteiger partial charge in [0.25, 0.3) is 5.56 Å². The van der Waals surface area contributed by atoms with Gasteiger partial charge in [-0.2, -0.15) is 0 Å². The number of para-hydroxylation sites is 2. The number of nitrogens with one attached hydrogen (secondary N) is 1. The minimum Gasteiger partial charge on any atom is -0.323 e. The zero-order valence-corrected chi connectivity index (χ0v) is 19.9. The number of thiophene rings is 1. The number of aromatic nitrogens is 2. The summed E-state index contributed by atoms with van der Waals surface area (Å²) in [5.74, 6) is -0.232. The Morgan fingerprint density at radius 2 is 1.84 bits per heavy atom. The molecular formula is C23H17Cl2N3O2S2. The number of nitrogens with zero attached hydrogens (tertiary/aromatic N) is 2. The Hall–Kier alpha value is -2.32. The van der Waals surface area contributed by atoms with Gasteiger partial charge in [0.1, 0.15) is 4.83 Å². The van der Waals surface area contributed by atoms with Crippen LogP contribution in [0.3, 0.4) is 0 Å². The average molecular weight is 502 g/mol. The van der Waals surface area contributed by atoms with Crippen LogP contribution in [0.25, 0.3) is 15.9 Å². The number of carbonyl (C=O) groups excluding carboxylic acids is 1. The van der Waals surface area contributed by atoms with Crippen LogP contribution < -0.4 is 10.9 Å². The first-order chi connectivity index (χ1) is 15.5. The van der Waals surface area contributed by atoms with Gasteiger partial charge in [-0.15, -0.1) is 11.3 Å². The van der Waals surface area contributed by atoms with Crippen LogP contribution in [0.4, 0.5) is 5.69 Å². The molecule has 1 aliphatic rings. The molecule has 5 rings (SSSR count). The molecule has 2 heterocycles. The highest BCUT2D eigenvalue weighted by molar-refractivity contribution is 7.99. The minimum absolute atomic E-state index is 0.0530. The molecule has 0 radical (unpaired) electrons. The molecule has 5 nitrogen and oxygen atoms in total. The van der Waals surface area contributed by atoms with Crippen LogP contribution in [0, 0.1) is 0 Å². The molecular weight excluding hydrogens is 485 g/mol. The SMILES string of the molecule is O=C(CSc1nc2sc3c(c2c(=O)n1-c1ccccc1)CCC3)Nc1c(Cl)cccc1Cl. The number of thioether (sulfide) groups is 1. The minimum atomic E-state index is -0.285. The summed E-state index contributed by atoms with van der Waals surface area (Å²) in [6.07, 6.45) is 2.97. The summed E-state index contributed by atoms with van der Waals surface area (Å²) in [6, 6.07) is 14.4. The standard InChI is InChI=1S/C23H17Cl2N3O2S2/c24-15-9-5-10-16(25)20(15)26-18(29)12-31-23-27-21-19(14-8-4-11-17(14)32-21)22(30)28(23)13-6-2-1-3-7-13/h1-3,5-7,9-10H,4,8,11-12H2,(H,26,29). The number of benzene rings is 2. The summed E-state index contributed by atoms with van der Waals surface area (Å²) in [6.45, 7) is 0. The quantitative estimate of drug-likeness (QED) is 0.270. The van der Waals surface area contributed by atoms with Crippen molar-refractivity contribution < 1.29 is 4.79 Å². The lowest BCUT2D eigenvalue weighted by Gasteiger charge is -2.13. The lowest BCUT2D eigenvalue weighted by Crippen LogP contribution is -2.23. The largest absolute Gasteiger partial charge is 0.323 e. The van der Waals surface area contributed by atoms with E-state index in [1.165, 1.54) is 16.6 Å². The Morgan fingerprint density at radius 1 is 1.09 bits per heavy atom. The maximum Gasteiger partial charge on any atom is 0.267 e. The first-order valence-corrected chi connectivity index (χ1v) is 12.6. The van der Waals surface area contributed by atoms with Crippen molar-refractivity contribution in [3.63, 3.8) is 0 Å². The summed E-state index contributed by atoms with van der Waals surface area (Å²) in [4.78, 5) is 33.0. The van der Waals surface area contributed by atoms with Crippen LogP contribution in [-0.2, 0) is 17.6 Å². The fourth-order valence-electron chi connectivity index (χ4n) is 3.85. The van der Waals surface area contributed by atoms with Gasteiger partial charge in [0.15, 0.2) is 5.16 Å². The van der Waals surface area contributed by atoms with Crippen molar-refractivity contribution in [1.82, 2.24) is 9.55 Å². The lowest BCUT2D eigenvalue weighted by molar-refractivity contribution is -0.113. The molecule has 1 aliphatic carbocycles. The van der Waals surface area contributed by atoms with Crippen molar-refractivity contribution in [3.8, 4) is 5.69 Å². The third-order valence-corrected chi connectivity index (χ3v) is 8.04.